The fraction of sp³-hybridized carbons (Fsp3) is 0.273. The van der Waals surface area contributed by atoms with E-state index in [1.807, 2.05) is 41.3 Å². The number of fused-ring (bicyclic) bond motifs is 1. The minimum absolute atomic E-state index is 0.000492. The van der Waals surface area contributed by atoms with Gasteiger partial charge in [-0.05, 0) is 43.0 Å². The normalized spacial score (nSPS) is 13.4. The second kappa shape index (κ2) is 7.92. The minimum Gasteiger partial charge on any atom is -0.482 e. The zero-order chi connectivity index (χ0) is 18.6. The van der Waals surface area contributed by atoms with E-state index in [9.17, 15) is 4.79 Å². The Morgan fingerprint density at radius 1 is 1.15 bits per heavy atom. The molecule has 0 saturated heterocycles. The summed E-state index contributed by atoms with van der Waals surface area (Å²) in [5.74, 6) is 0.760. The van der Waals surface area contributed by atoms with Crippen molar-refractivity contribution in [2.45, 2.75) is 26.2 Å². The van der Waals surface area contributed by atoms with E-state index in [4.69, 9.17) is 9.72 Å². The number of ether oxygens (including phenoxy) is 1. The Labute approximate surface area is 163 Å². The average Bonchev–Trinajstić information content (AvgIpc) is 3.16. The summed E-state index contributed by atoms with van der Waals surface area (Å²) < 4.78 is 5.64. The maximum absolute atomic E-state index is 12.5. The third-order valence-electron chi connectivity index (χ3n) is 4.68. The maximum atomic E-state index is 12.5. The summed E-state index contributed by atoms with van der Waals surface area (Å²) in [6.07, 6.45) is 2.90. The number of aryl methyl sites for hydroxylation is 1. The van der Waals surface area contributed by atoms with Gasteiger partial charge >= 0.3 is 0 Å². The molecule has 2 aromatic carbocycles. The molecule has 4 nitrogen and oxygen atoms in total. The molecular weight excluding hydrogens is 356 g/mol. The number of hydrogen-bond donors (Lipinski definition) is 0. The molecule has 0 unspecified atom stereocenters. The van der Waals surface area contributed by atoms with Crippen LogP contribution in [0.3, 0.4) is 0 Å². The highest BCUT2D eigenvalue weighted by molar-refractivity contribution is 7.09. The van der Waals surface area contributed by atoms with Gasteiger partial charge in [0.2, 0.25) is 0 Å². The van der Waals surface area contributed by atoms with Crippen LogP contribution in [0.4, 0.5) is 5.69 Å². The van der Waals surface area contributed by atoms with Crippen LogP contribution in [0.2, 0.25) is 0 Å². The quantitative estimate of drug-likeness (QED) is 0.623. The van der Waals surface area contributed by atoms with E-state index in [-0.39, 0.29) is 12.5 Å². The number of thiazole rings is 1. The first kappa shape index (κ1) is 17.7. The Kier molecular flexibility index (Phi) is 5.21. The molecule has 27 heavy (non-hydrogen) atoms. The molecule has 0 spiro atoms. The van der Waals surface area contributed by atoms with Crippen LogP contribution in [-0.4, -0.2) is 24.0 Å². The van der Waals surface area contributed by atoms with Crippen LogP contribution < -0.4 is 9.64 Å². The summed E-state index contributed by atoms with van der Waals surface area (Å²) in [5.41, 5.74) is 4.05. The molecule has 0 fully saturated rings. The van der Waals surface area contributed by atoms with Crippen molar-refractivity contribution in [2.24, 2.45) is 0 Å². The lowest BCUT2D eigenvalue weighted by molar-refractivity contribution is -0.121. The van der Waals surface area contributed by atoms with Gasteiger partial charge in [0.25, 0.3) is 5.91 Å². The molecule has 1 amide bonds. The van der Waals surface area contributed by atoms with Gasteiger partial charge in [-0.25, -0.2) is 4.98 Å². The van der Waals surface area contributed by atoms with Crippen molar-refractivity contribution in [3.8, 4) is 17.0 Å². The number of aromatic nitrogens is 1. The second-order valence-corrected chi connectivity index (χ2v) is 7.57. The summed E-state index contributed by atoms with van der Waals surface area (Å²) in [7, 11) is 0. The van der Waals surface area contributed by atoms with Crippen molar-refractivity contribution in [2.75, 3.05) is 18.1 Å². The van der Waals surface area contributed by atoms with Crippen molar-refractivity contribution >= 4 is 22.9 Å². The standard InChI is InChI=1S/C22H22N2O2S/c1-2-6-21-23-18(15-27-21)17-9-10-20-19(13-17)24(22(25)14-26-20)12-11-16-7-4-3-5-8-16/h3-5,7-10,13,15H,2,6,11-12,14H2,1H3. The maximum Gasteiger partial charge on any atom is 0.265 e. The highest BCUT2D eigenvalue weighted by atomic mass is 32.1. The van der Waals surface area contributed by atoms with E-state index in [0.717, 1.165) is 47.0 Å². The van der Waals surface area contributed by atoms with Crippen LogP contribution in [-0.2, 0) is 17.6 Å². The molecule has 3 aromatic rings. The van der Waals surface area contributed by atoms with Gasteiger partial charge in [0, 0.05) is 17.5 Å². The third-order valence-corrected chi connectivity index (χ3v) is 5.59. The molecule has 0 radical (unpaired) electrons. The summed E-state index contributed by atoms with van der Waals surface area (Å²) in [6, 6.07) is 16.2. The lowest BCUT2D eigenvalue weighted by atomic mass is 10.1. The monoisotopic (exact) mass is 378 g/mol. The van der Waals surface area contributed by atoms with Gasteiger partial charge in [-0.15, -0.1) is 11.3 Å². The van der Waals surface area contributed by atoms with E-state index in [1.165, 1.54) is 5.56 Å². The SMILES string of the molecule is CCCc1nc(-c2ccc3c(c2)N(CCc2ccccc2)C(=O)CO3)cs1. The van der Waals surface area contributed by atoms with E-state index in [2.05, 4.69) is 24.4 Å². The van der Waals surface area contributed by atoms with Gasteiger partial charge in [0.15, 0.2) is 6.61 Å². The number of carbonyl (C=O) groups excluding carboxylic acids is 1. The number of amides is 1. The smallest absolute Gasteiger partial charge is 0.265 e. The van der Waals surface area contributed by atoms with Gasteiger partial charge in [-0.3, -0.25) is 4.79 Å². The molecule has 5 heteroatoms. The van der Waals surface area contributed by atoms with Crippen molar-refractivity contribution in [1.29, 1.82) is 0 Å². The Morgan fingerprint density at radius 3 is 2.81 bits per heavy atom. The Hall–Kier alpha value is -2.66. The molecule has 0 atom stereocenters. The first-order valence-corrected chi connectivity index (χ1v) is 10.2. The molecule has 0 bridgehead atoms. The van der Waals surface area contributed by atoms with Crippen LogP contribution in [0.15, 0.2) is 53.9 Å². The lowest BCUT2D eigenvalue weighted by Crippen LogP contribution is -2.40. The summed E-state index contributed by atoms with van der Waals surface area (Å²) in [6.45, 7) is 2.90. The van der Waals surface area contributed by atoms with Crippen LogP contribution in [0.25, 0.3) is 11.3 Å². The number of benzene rings is 2. The van der Waals surface area contributed by atoms with Gasteiger partial charge < -0.3 is 9.64 Å². The van der Waals surface area contributed by atoms with E-state index in [1.54, 1.807) is 11.3 Å². The van der Waals surface area contributed by atoms with E-state index < -0.39 is 0 Å². The first-order chi connectivity index (χ1) is 13.2. The van der Waals surface area contributed by atoms with Crippen LogP contribution in [0.1, 0.15) is 23.9 Å². The zero-order valence-corrected chi connectivity index (χ0v) is 16.2. The largest absolute Gasteiger partial charge is 0.482 e. The highest BCUT2D eigenvalue weighted by Gasteiger charge is 2.26. The van der Waals surface area contributed by atoms with Crippen molar-refractivity contribution in [1.82, 2.24) is 4.98 Å². The summed E-state index contributed by atoms with van der Waals surface area (Å²) >= 11 is 1.69. The molecule has 4 rings (SSSR count). The van der Waals surface area contributed by atoms with Crippen molar-refractivity contribution < 1.29 is 9.53 Å². The molecule has 2 heterocycles. The van der Waals surface area contributed by atoms with Crippen molar-refractivity contribution in [3.05, 3.63) is 64.5 Å². The molecule has 0 N–H and O–H groups in total. The van der Waals surface area contributed by atoms with E-state index in [0.29, 0.717) is 6.54 Å². The summed E-state index contributed by atoms with van der Waals surface area (Å²) in [5, 5.41) is 3.24. The fourth-order valence-electron chi connectivity index (χ4n) is 3.26. The fourth-order valence-corrected chi connectivity index (χ4v) is 4.17. The van der Waals surface area contributed by atoms with Gasteiger partial charge in [0.05, 0.1) is 16.4 Å². The number of hydrogen-bond acceptors (Lipinski definition) is 4. The highest BCUT2D eigenvalue weighted by Crippen LogP contribution is 2.36. The van der Waals surface area contributed by atoms with Crippen LogP contribution >= 0.6 is 11.3 Å². The number of rotatable bonds is 6. The van der Waals surface area contributed by atoms with Crippen LogP contribution in [0, 0.1) is 0 Å². The third kappa shape index (κ3) is 3.88. The summed E-state index contributed by atoms with van der Waals surface area (Å²) in [4.78, 5) is 19.1. The number of anilines is 1. The van der Waals surface area contributed by atoms with Gasteiger partial charge in [-0.1, -0.05) is 37.3 Å². The first-order valence-electron chi connectivity index (χ1n) is 9.30. The average molecular weight is 378 g/mol. The molecule has 0 aliphatic carbocycles. The predicted octanol–water partition coefficient (Wildman–Crippen LogP) is 4.73. The van der Waals surface area contributed by atoms with Crippen molar-refractivity contribution in [3.63, 3.8) is 0 Å². The van der Waals surface area contributed by atoms with Gasteiger partial charge in [-0.2, -0.15) is 0 Å². The molecule has 1 aliphatic rings. The molecule has 0 saturated carbocycles. The Bertz CT molecular complexity index is 936. The van der Waals surface area contributed by atoms with E-state index >= 15 is 0 Å². The second-order valence-electron chi connectivity index (χ2n) is 6.63. The topological polar surface area (TPSA) is 42.4 Å². The Balaban J connectivity index is 1.60. The number of nitrogens with zero attached hydrogens (tertiary/aromatic N) is 2. The van der Waals surface area contributed by atoms with Gasteiger partial charge in [0.1, 0.15) is 5.75 Å². The van der Waals surface area contributed by atoms with Crippen LogP contribution in [0.5, 0.6) is 5.75 Å². The molecule has 1 aromatic heterocycles. The minimum atomic E-state index is 0.000492. The molecule has 138 valence electrons. The number of carbonyl (C=O) groups is 1. The lowest BCUT2D eigenvalue weighted by Gasteiger charge is -2.29. The molecular formula is C22H22N2O2S. The Morgan fingerprint density at radius 2 is 2.00 bits per heavy atom. The molecule has 1 aliphatic heterocycles. The predicted molar refractivity (Wildman–Crippen MR) is 110 cm³/mol. The zero-order valence-electron chi connectivity index (χ0n) is 15.4.